The Morgan fingerprint density at radius 2 is 1.15 bits per heavy atom. The van der Waals surface area contributed by atoms with Crippen molar-refractivity contribution >= 4 is 24.3 Å². The summed E-state index contributed by atoms with van der Waals surface area (Å²) in [7, 11) is 0. The number of rotatable bonds is 5. The summed E-state index contributed by atoms with van der Waals surface area (Å²) in [6.07, 6.45) is 9.88. The molecule has 0 amide bonds. The molecular formula is C26H26. The van der Waals surface area contributed by atoms with Crippen LogP contribution in [0, 0.1) is 13.8 Å². The van der Waals surface area contributed by atoms with Gasteiger partial charge in [0.15, 0.2) is 0 Å². The Labute approximate surface area is 157 Å². The van der Waals surface area contributed by atoms with E-state index in [2.05, 4.69) is 112 Å². The summed E-state index contributed by atoms with van der Waals surface area (Å²) in [5, 5.41) is 0. The Balaban J connectivity index is 1.84. The van der Waals surface area contributed by atoms with E-state index in [9.17, 15) is 0 Å². The highest BCUT2D eigenvalue weighted by molar-refractivity contribution is 5.75. The molecular weight excluding hydrogens is 312 g/mol. The largest absolute Gasteiger partial charge is 0.0620 e. The first-order chi connectivity index (χ1) is 12.7. The van der Waals surface area contributed by atoms with Crippen molar-refractivity contribution < 1.29 is 0 Å². The first-order valence-electron chi connectivity index (χ1n) is 9.27. The van der Waals surface area contributed by atoms with E-state index in [1.54, 1.807) is 0 Å². The summed E-state index contributed by atoms with van der Waals surface area (Å²) in [5.41, 5.74) is 9.08. The van der Waals surface area contributed by atoms with Crippen molar-refractivity contribution in [3.63, 3.8) is 0 Å². The van der Waals surface area contributed by atoms with Gasteiger partial charge in [-0.1, -0.05) is 98.0 Å². The number of hydrogen-bond acceptors (Lipinski definition) is 0. The molecule has 0 bridgehead atoms. The summed E-state index contributed by atoms with van der Waals surface area (Å²) in [4.78, 5) is 0. The van der Waals surface area contributed by atoms with Gasteiger partial charge >= 0.3 is 0 Å². The van der Waals surface area contributed by atoms with Crippen LogP contribution in [0.4, 0.5) is 0 Å². The van der Waals surface area contributed by atoms with Crippen LogP contribution >= 0.6 is 0 Å². The smallest absolute Gasteiger partial charge is 0.0224 e. The lowest BCUT2D eigenvalue weighted by molar-refractivity contribution is 1.13. The minimum Gasteiger partial charge on any atom is -0.0620 e. The van der Waals surface area contributed by atoms with Gasteiger partial charge < -0.3 is 0 Å². The molecule has 0 N–H and O–H groups in total. The molecule has 130 valence electrons. The molecule has 0 nitrogen and oxygen atoms in total. The van der Waals surface area contributed by atoms with Crippen molar-refractivity contribution in [3.8, 4) is 0 Å². The molecule has 3 rings (SSSR count). The van der Waals surface area contributed by atoms with Crippen LogP contribution in [0.2, 0.25) is 0 Å². The Morgan fingerprint density at radius 3 is 1.73 bits per heavy atom. The number of hydrogen-bond donors (Lipinski definition) is 0. The normalized spacial score (nSPS) is 11.5. The second kappa shape index (κ2) is 8.49. The number of benzene rings is 3. The monoisotopic (exact) mass is 338 g/mol. The molecule has 0 aliphatic carbocycles. The molecule has 0 saturated heterocycles. The van der Waals surface area contributed by atoms with Gasteiger partial charge in [-0.25, -0.2) is 0 Å². The van der Waals surface area contributed by atoms with E-state index in [0.717, 1.165) is 6.42 Å². The molecule has 0 heteroatoms. The predicted molar refractivity (Wildman–Crippen MR) is 116 cm³/mol. The molecule has 0 aliphatic heterocycles. The van der Waals surface area contributed by atoms with E-state index in [0.29, 0.717) is 0 Å². The van der Waals surface area contributed by atoms with Crippen molar-refractivity contribution in [1.29, 1.82) is 0 Å². The van der Waals surface area contributed by atoms with Gasteiger partial charge in [-0.05, 0) is 59.2 Å². The van der Waals surface area contributed by atoms with Crippen LogP contribution in [0.25, 0.3) is 24.3 Å². The molecule has 0 spiro atoms. The minimum absolute atomic E-state index is 1.03. The van der Waals surface area contributed by atoms with Gasteiger partial charge in [0, 0.05) is 0 Å². The Bertz CT molecular complexity index is 942. The molecule has 0 saturated carbocycles. The van der Waals surface area contributed by atoms with Gasteiger partial charge in [0.05, 0.1) is 0 Å². The van der Waals surface area contributed by atoms with Gasteiger partial charge in [-0.15, -0.1) is 0 Å². The molecule has 0 atom stereocenters. The van der Waals surface area contributed by atoms with E-state index >= 15 is 0 Å². The molecule has 3 aromatic carbocycles. The van der Waals surface area contributed by atoms with Crippen LogP contribution in [0.1, 0.15) is 45.9 Å². The fourth-order valence-corrected chi connectivity index (χ4v) is 3.11. The third kappa shape index (κ3) is 4.40. The van der Waals surface area contributed by atoms with E-state index < -0.39 is 0 Å². The second-order valence-electron chi connectivity index (χ2n) is 6.69. The van der Waals surface area contributed by atoms with Crippen LogP contribution in [-0.4, -0.2) is 0 Å². The quantitative estimate of drug-likeness (QED) is 0.431. The second-order valence-corrected chi connectivity index (χ2v) is 6.69. The Hall–Kier alpha value is -2.86. The maximum Gasteiger partial charge on any atom is -0.0224 e. The molecule has 0 radical (unpaired) electrons. The topological polar surface area (TPSA) is 0 Å². The maximum absolute atomic E-state index is 2.30. The molecule has 3 aromatic rings. The fraction of sp³-hybridized carbons (Fsp3) is 0.154. The van der Waals surface area contributed by atoms with E-state index in [1.807, 2.05) is 0 Å². The molecule has 26 heavy (non-hydrogen) atoms. The van der Waals surface area contributed by atoms with Crippen molar-refractivity contribution in [1.82, 2.24) is 0 Å². The van der Waals surface area contributed by atoms with E-state index in [4.69, 9.17) is 0 Å². The lowest BCUT2D eigenvalue weighted by Crippen LogP contribution is -1.88. The average molecular weight is 338 g/mol. The SMILES string of the molecule is CCc1cc(C=Cc2ccccc2C)ccc1C=Cc1ccccc1C. The first-order valence-corrected chi connectivity index (χ1v) is 9.27. The summed E-state index contributed by atoms with van der Waals surface area (Å²) in [5.74, 6) is 0. The van der Waals surface area contributed by atoms with Crippen LogP contribution in [0.15, 0.2) is 66.7 Å². The summed E-state index contributed by atoms with van der Waals surface area (Å²) in [6.45, 7) is 6.52. The summed E-state index contributed by atoms with van der Waals surface area (Å²) >= 11 is 0. The van der Waals surface area contributed by atoms with Gasteiger partial charge in [0.25, 0.3) is 0 Å². The molecule has 0 unspecified atom stereocenters. The van der Waals surface area contributed by atoms with Crippen molar-refractivity contribution in [2.45, 2.75) is 27.2 Å². The van der Waals surface area contributed by atoms with Crippen molar-refractivity contribution in [2.75, 3.05) is 0 Å². The fourth-order valence-electron chi connectivity index (χ4n) is 3.11. The maximum atomic E-state index is 2.30. The predicted octanol–water partition coefficient (Wildman–Crippen LogP) is 7.21. The van der Waals surface area contributed by atoms with Crippen molar-refractivity contribution in [3.05, 3.63) is 106 Å². The zero-order chi connectivity index (χ0) is 18.4. The molecule has 0 aromatic heterocycles. The highest BCUT2D eigenvalue weighted by Gasteiger charge is 2.00. The summed E-state index contributed by atoms with van der Waals surface area (Å²) in [6, 6.07) is 23.7. The van der Waals surface area contributed by atoms with Crippen molar-refractivity contribution in [2.24, 2.45) is 0 Å². The van der Waals surface area contributed by atoms with Gasteiger partial charge in [-0.2, -0.15) is 0 Å². The lowest BCUT2D eigenvalue weighted by Gasteiger charge is -2.06. The zero-order valence-corrected chi connectivity index (χ0v) is 15.9. The minimum atomic E-state index is 1.03. The Morgan fingerprint density at radius 1 is 0.615 bits per heavy atom. The molecule has 0 fully saturated rings. The lowest BCUT2D eigenvalue weighted by atomic mass is 9.99. The van der Waals surface area contributed by atoms with E-state index in [1.165, 1.54) is 38.9 Å². The van der Waals surface area contributed by atoms with Crippen LogP contribution in [-0.2, 0) is 6.42 Å². The van der Waals surface area contributed by atoms with E-state index in [-0.39, 0.29) is 0 Å². The van der Waals surface area contributed by atoms with Gasteiger partial charge in [0.1, 0.15) is 0 Å². The van der Waals surface area contributed by atoms with Gasteiger partial charge in [-0.3, -0.25) is 0 Å². The molecule has 0 heterocycles. The summed E-state index contributed by atoms with van der Waals surface area (Å²) < 4.78 is 0. The van der Waals surface area contributed by atoms with Crippen LogP contribution in [0.3, 0.4) is 0 Å². The first kappa shape index (κ1) is 17.9. The third-order valence-electron chi connectivity index (χ3n) is 4.82. The van der Waals surface area contributed by atoms with Crippen LogP contribution < -0.4 is 0 Å². The standard InChI is InChI=1S/C26H26/c1-4-23-19-22(13-15-24-11-7-5-9-20(24)2)14-16-26(23)18-17-25-12-8-6-10-21(25)3/h5-19H,4H2,1-3H3. The molecule has 0 aliphatic rings. The highest BCUT2D eigenvalue weighted by Crippen LogP contribution is 2.19. The zero-order valence-electron chi connectivity index (χ0n) is 15.9. The Kier molecular flexibility index (Phi) is 5.86. The average Bonchev–Trinajstić information content (AvgIpc) is 2.67. The number of aryl methyl sites for hydroxylation is 3. The van der Waals surface area contributed by atoms with Crippen LogP contribution in [0.5, 0.6) is 0 Å². The highest BCUT2D eigenvalue weighted by atomic mass is 14.1. The third-order valence-corrected chi connectivity index (χ3v) is 4.82. The van der Waals surface area contributed by atoms with Gasteiger partial charge in [0.2, 0.25) is 0 Å².